The van der Waals surface area contributed by atoms with Crippen LogP contribution in [0.25, 0.3) is 0 Å². The molecule has 0 aromatic heterocycles. The number of anilines is 1. The van der Waals surface area contributed by atoms with Gasteiger partial charge in [-0.05, 0) is 13.0 Å². The van der Waals surface area contributed by atoms with Crippen molar-refractivity contribution in [1.29, 1.82) is 0 Å². The van der Waals surface area contributed by atoms with Crippen LogP contribution in [0, 0.1) is 20.2 Å². The third kappa shape index (κ3) is 5.18. The molecule has 162 valence electrons. The fraction of sp³-hybridized carbons (Fsp3) is 0.250. The highest BCUT2D eigenvalue weighted by Gasteiger charge is 2.32. The van der Waals surface area contributed by atoms with Gasteiger partial charge < -0.3 is 19.1 Å². The average molecular weight is 480 g/mol. The summed E-state index contributed by atoms with van der Waals surface area (Å²) in [7, 11) is -1.20. The second kappa shape index (κ2) is 9.59. The van der Waals surface area contributed by atoms with Crippen LogP contribution < -0.4 is 10.1 Å². The first-order valence-corrected chi connectivity index (χ1v) is 10.5. The average Bonchev–Trinajstić information content (AvgIpc) is 2.69. The molecule has 2 rings (SSSR count). The number of nitrogens with zero attached hydrogens (tertiary/aromatic N) is 2. The summed E-state index contributed by atoms with van der Waals surface area (Å²) in [5.74, 6) is -0.929. The highest BCUT2D eigenvalue weighted by atomic mass is 35.5. The van der Waals surface area contributed by atoms with Crippen LogP contribution in [0.2, 0.25) is 10.0 Å². The lowest BCUT2D eigenvalue weighted by atomic mass is 10.2. The monoisotopic (exact) mass is 479 g/mol. The first kappa shape index (κ1) is 23.8. The molecule has 1 unspecified atom stereocenters. The second-order valence-corrected chi connectivity index (χ2v) is 9.16. The summed E-state index contributed by atoms with van der Waals surface area (Å²) in [5.41, 5.74) is -0.686. The molecule has 0 aliphatic carbocycles. The minimum atomic E-state index is -3.58. The van der Waals surface area contributed by atoms with E-state index in [9.17, 15) is 24.8 Å². The predicted molar refractivity (Wildman–Crippen MR) is 111 cm³/mol. The molecule has 0 saturated heterocycles. The highest BCUT2D eigenvalue weighted by Crippen LogP contribution is 2.52. The normalized spacial score (nSPS) is 12.3. The maximum absolute atomic E-state index is 12.5. The van der Waals surface area contributed by atoms with Crippen LogP contribution in [0.3, 0.4) is 0 Å². The topological polar surface area (TPSA) is 143 Å². The number of nitro groups is 2. The Bertz CT molecular complexity index is 1000. The van der Waals surface area contributed by atoms with Gasteiger partial charge in [-0.15, -0.1) is 0 Å². The Morgan fingerprint density at radius 3 is 2.07 bits per heavy atom. The van der Waals surface area contributed by atoms with Gasteiger partial charge in [-0.3, -0.25) is 24.8 Å². The van der Waals surface area contributed by atoms with Crippen molar-refractivity contribution >= 4 is 47.9 Å². The maximum Gasteiger partial charge on any atom is 0.351 e. The van der Waals surface area contributed by atoms with Crippen molar-refractivity contribution in [2.75, 3.05) is 19.5 Å². The van der Waals surface area contributed by atoms with Gasteiger partial charge in [0.1, 0.15) is 17.2 Å². The Balaban J connectivity index is 2.43. The third-order valence-electron chi connectivity index (χ3n) is 3.93. The van der Waals surface area contributed by atoms with E-state index in [1.807, 2.05) is 0 Å². The molecule has 0 aliphatic rings. The maximum atomic E-state index is 12.5. The van der Waals surface area contributed by atoms with Crippen molar-refractivity contribution in [3.63, 3.8) is 0 Å². The molecular formula is C16H16Cl2N3O8P. The van der Waals surface area contributed by atoms with E-state index >= 15 is 0 Å². The number of rotatable bonds is 9. The van der Waals surface area contributed by atoms with Gasteiger partial charge in [0, 0.05) is 38.5 Å². The van der Waals surface area contributed by atoms with Gasteiger partial charge in [0.2, 0.25) is 0 Å². The van der Waals surface area contributed by atoms with E-state index in [0.29, 0.717) is 0 Å². The fourth-order valence-corrected chi connectivity index (χ4v) is 4.05. The van der Waals surface area contributed by atoms with Crippen LogP contribution in [0.1, 0.15) is 6.92 Å². The summed E-state index contributed by atoms with van der Waals surface area (Å²) >= 11 is 12.0. The van der Waals surface area contributed by atoms with Crippen molar-refractivity contribution in [2.24, 2.45) is 0 Å². The van der Waals surface area contributed by atoms with Crippen molar-refractivity contribution in [3.05, 3.63) is 60.6 Å². The van der Waals surface area contributed by atoms with Gasteiger partial charge in [-0.2, -0.15) is 0 Å². The smallest absolute Gasteiger partial charge is 0.351 e. The molecule has 14 heteroatoms. The van der Waals surface area contributed by atoms with E-state index in [2.05, 4.69) is 5.32 Å². The standard InChI is InChI=1S/C16H16Cl2N3O8P/c1-9(30(26,27-2)28-3)19-14-8-11(4-5-15(14)21(24)25)29-16-12(17)6-10(20(22)23)7-13(16)18/h4-9,19H,1-3H3. The molecule has 0 saturated carbocycles. The second-order valence-electron chi connectivity index (χ2n) is 5.76. The molecule has 0 amide bonds. The zero-order valence-corrected chi connectivity index (χ0v) is 18.2. The Morgan fingerprint density at radius 1 is 1.03 bits per heavy atom. The van der Waals surface area contributed by atoms with Gasteiger partial charge in [0.25, 0.3) is 11.4 Å². The summed E-state index contributed by atoms with van der Waals surface area (Å²) in [6.45, 7) is 1.47. The Labute approximate surface area is 180 Å². The molecule has 0 aliphatic heterocycles. The van der Waals surface area contributed by atoms with Gasteiger partial charge >= 0.3 is 7.60 Å². The summed E-state index contributed by atoms with van der Waals surface area (Å²) in [4.78, 5) is 20.9. The zero-order chi connectivity index (χ0) is 22.6. The van der Waals surface area contributed by atoms with Crippen LogP contribution >= 0.6 is 30.8 Å². The van der Waals surface area contributed by atoms with Gasteiger partial charge in [-0.25, -0.2) is 0 Å². The van der Waals surface area contributed by atoms with Gasteiger partial charge in [0.05, 0.1) is 19.9 Å². The van der Waals surface area contributed by atoms with E-state index in [0.717, 1.165) is 18.2 Å². The molecular weight excluding hydrogens is 464 g/mol. The Hall–Kier alpha value is -2.43. The molecule has 30 heavy (non-hydrogen) atoms. The minimum absolute atomic E-state index is 0.0338. The number of halogens is 2. The number of benzene rings is 2. The van der Waals surface area contributed by atoms with Crippen LogP contribution in [0.15, 0.2) is 30.3 Å². The molecule has 0 heterocycles. The van der Waals surface area contributed by atoms with Crippen molar-refractivity contribution in [1.82, 2.24) is 0 Å². The molecule has 2 aromatic carbocycles. The van der Waals surface area contributed by atoms with Crippen molar-refractivity contribution in [2.45, 2.75) is 12.7 Å². The van der Waals surface area contributed by atoms with Crippen molar-refractivity contribution < 1.29 is 28.2 Å². The van der Waals surface area contributed by atoms with Gasteiger partial charge in [-0.1, -0.05) is 23.2 Å². The molecule has 1 atom stereocenters. The molecule has 0 spiro atoms. The number of ether oxygens (including phenoxy) is 1. The number of nitro benzene ring substituents is 2. The van der Waals surface area contributed by atoms with Gasteiger partial charge in [0.15, 0.2) is 5.75 Å². The Kier molecular flexibility index (Phi) is 7.62. The number of nitrogens with one attached hydrogen (secondary N) is 1. The molecule has 0 radical (unpaired) electrons. The van der Waals surface area contributed by atoms with E-state index in [-0.39, 0.29) is 38.6 Å². The van der Waals surface area contributed by atoms with Crippen LogP contribution in [-0.4, -0.2) is 29.8 Å². The first-order valence-electron chi connectivity index (χ1n) is 8.09. The predicted octanol–water partition coefficient (Wildman–Crippen LogP) is 5.85. The quantitative estimate of drug-likeness (QED) is 0.266. The van der Waals surface area contributed by atoms with Crippen molar-refractivity contribution in [3.8, 4) is 11.5 Å². The lowest BCUT2D eigenvalue weighted by Crippen LogP contribution is -2.18. The van der Waals surface area contributed by atoms with E-state index in [1.54, 1.807) is 0 Å². The van der Waals surface area contributed by atoms with Crippen LogP contribution in [0.5, 0.6) is 11.5 Å². The van der Waals surface area contributed by atoms with E-state index in [1.165, 1.54) is 33.3 Å². The minimum Gasteiger partial charge on any atom is -0.454 e. The van der Waals surface area contributed by atoms with Crippen LogP contribution in [-0.2, 0) is 13.6 Å². The molecule has 11 nitrogen and oxygen atoms in total. The molecule has 0 fully saturated rings. The summed E-state index contributed by atoms with van der Waals surface area (Å²) in [6, 6.07) is 5.82. The number of hydrogen-bond acceptors (Lipinski definition) is 9. The largest absolute Gasteiger partial charge is 0.454 e. The molecule has 2 aromatic rings. The lowest BCUT2D eigenvalue weighted by molar-refractivity contribution is -0.384. The summed E-state index contributed by atoms with van der Waals surface area (Å²) < 4.78 is 27.9. The Morgan fingerprint density at radius 2 is 1.60 bits per heavy atom. The fourth-order valence-electron chi connectivity index (χ4n) is 2.42. The van der Waals surface area contributed by atoms with E-state index < -0.39 is 23.2 Å². The summed E-state index contributed by atoms with van der Waals surface area (Å²) in [5, 5.41) is 24.7. The molecule has 0 bridgehead atoms. The zero-order valence-electron chi connectivity index (χ0n) is 15.8. The number of hydrogen-bond donors (Lipinski definition) is 1. The lowest BCUT2D eigenvalue weighted by Gasteiger charge is -2.22. The summed E-state index contributed by atoms with van der Waals surface area (Å²) in [6.07, 6.45) is 0. The SMILES string of the molecule is COP(=O)(OC)C(C)Nc1cc(Oc2c(Cl)cc([N+](=O)[O-])cc2Cl)ccc1[N+](=O)[O-]. The van der Waals surface area contributed by atoms with E-state index in [4.69, 9.17) is 37.0 Å². The first-order chi connectivity index (χ1) is 14.0. The third-order valence-corrected chi connectivity index (χ3v) is 6.58. The number of non-ortho nitro benzene ring substituents is 1. The highest BCUT2D eigenvalue weighted by molar-refractivity contribution is 7.54. The van der Waals surface area contributed by atoms with Crippen LogP contribution in [0.4, 0.5) is 17.1 Å². The molecule has 1 N–H and O–H groups in total.